The van der Waals surface area contributed by atoms with Gasteiger partial charge in [0, 0.05) is 38.2 Å². The van der Waals surface area contributed by atoms with Crippen LogP contribution in [-0.4, -0.2) is 51.0 Å². The fourth-order valence-electron chi connectivity index (χ4n) is 3.21. The molecule has 0 aliphatic carbocycles. The average molecular weight is 359 g/mol. The molecule has 3 rings (SSSR count). The van der Waals surface area contributed by atoms with Crippen molar-refractivity contribution < 1.29 is 4.74 Å². The van der Waals surface area contributed by atoms with Crippen LogP contribution < -0.4 is 10.6 Å². The van der Waals surface area contributed by atoms with E-state index in [4.69, 9.17) is 14.7 Å². The minimum Gasteiger partial charge on any atom is -0.374 e. The summed E-state index contributed by atoms with van der Waals surface area (Å²) in [5.74, 6) is 3.51. The van der Waals surface area contributed by atoms with Crippen LogP contribution in [0, 0.1) is 13.8 Å². The SMILES string of the molecule is CCOCc1nc2c(c(NCCCn3nc(C)nc3C)n1)CCNCC2. The number of fused-ring (bicyclic) bond motifs is 1. The van der Waals surface area contributed by atoms with Crippen molar-refractivity contribution in [3.63, 3.8) is 0 Å². The summed E-state index contributed by atoms with van der Waals surface area (Å²) in [5, 5.41) is 11.4. The van der Waals surface area contributed by atoms with Crippen molar-refractivity contribution in [3.05, 3.63) is 28.7 Å². The Kier molecular flexibility index (Phi) is 6.51. The minimum atomic E-state index is 0.462. The van der Waals surface area contributed by atoms with Crippen LogP contribution in [0.5, 0.6) is 0 Å². The van der Waals surface area contributed by atoms with Gasteiger partial charge in [0.15, 0.2) is 5.82 Å². The number of rotatable bonds is 8. The van der Waals surface area contributed by atoms with Crippen molar-refractivity contribution in [2.45, 2.75) is 53.2 Å². The lowest BCUT2D eigenvalue weighted by Gasteiger charge is -2.15. The molecular formula is C18H29N7O. The molecule has 0 atom stereocenters. The van der Waals surface area contributed by atoms with Gasteiger partial charge in [-0.1, -0.05) is 0 Å². The minimum absolute atomic E-state index is 0.462. The van der Waals surface area contributed by atoms with Crippen molar-refractivity contribution in [2.75, 3.05) is 31.6 Å². The highest BCUT2D eigenvalue weighted by Crippen LogP contribution is 2.20. The van der Waals surface area contributed by atoms with Gasteiger partial charge in [0.25, 0.3) is 0 Å². The molecule has 1 aliphatic heterocycles. The van der Waals surface area contributed by atoms with E-state index in [0.29, 0.717) is 13.2 Å². The van der Waals surface area contributed by atoms with Gasteiger partial charge in [0.2, 0.25) is 0 Å². The Morgan fingerprint density at radius 3 is 2.77 bits per heavy atom. The molecule has 142 valence electrons. The van der Waals surface area contributed by atoms with Crippen LogP contribution in [0.3, 0.4) is 0 Å². The first-order valence-corrected chi connectivity index (χ1v) is 9.46. The Hall–Kier alpha value is -2.06. The zero-order valence-corrected chi connectivity index (χ0v) is 16.0. The van der Waals surface area contributed by atoms with Crippen LogP contribution in [0.25, 0.3) is 0 Å². The average Bonchev–Trinajstić information content (AvgIpc) is 2.82. The molecule has 3 heterocycles. The Bertz CT molecular complexity index is 729. The summed E-state index contributed by atoms with van der Waals surface area (Å²) in [6.07, 6.45) is 2.85. The summed E-state index contributed by atoms with van der Waals surface area (Å²) in [6, 6.07) is 0. The lowest BCUT2D eigenvalue weighted by molar-refractivity contribution is 0.128. The highest BCUT2D eigenvalue weighted by atomic mass is 16.5. The number of nitrogens with zero attached hydrogens (tertiary/aromatic N) is 5. The third-order valence-electron chi connectivity index (χ3n) is 4.47. The lowest BCUT2D eigenvalue weighted by atomic mass is 10.1. The maximum absolute atomic E-state index is 5.51. The van der Waals surface area contributed by atoms with E-state index in [9.17, 15) is 0 Å². The van der Waals surface area contributed by atoms with Crippen LogP contribution in [0.1, 0.15) is 42.1 Å². The molecular weight excluding hydrogens is 330 g/mol. The molecule has 0 fully saturated rings. The number of aromatic nitrogens is 5. The maximum Gasteiger partial charge on any atom is 0.156 e. The summed E-state index contributed by atoms with van der Waals surface area (Å²) in [5.41, 5.74) is 2.38. The molecule has 2 N–H and O–H groups in total. The third kappa shape index (κ3) is 4.76. The second-order valence-electron chi connectivity index (χ2n) is 6.51. The fraction of sp³-hybridized carbons (Fsp3) is 0.667. The Balaban J connectivity index is 1.66. The van der Waals surface area contributed by atoms with E-state index in [2.05, 4.69) is 20.7 Å². The summed E-state index contributed by atoms with van der Waals surface area (Å²) in [4.78, 5) is 13.8. The molecule has 0 aromatic carbocycles. The van der Waals surface area contributed by atoms with E-state index in [1.54, 1.807) is 0 Å². The number of aryl methyl sites for hydroxylation is 3. The Labute approximate surface area is 154 Å². The molecule has 2 aromatic rings. The smallest absolute Gasteiger partial charge is 0.156 e. The topological polar surface area (TPSA) is 89.8 Å². The number of hydrogen-bond acceptors (Lipinski definition) is 7. The standard InChI is InChI=1S/C18H29N7O/c1-4-26-12-17-22-16-7-10-19-9-6-15(16)18(23-17)20-8-5-11-25-14(3)21-13(2)24-25/h19H,4-12H2,1-3H3,(H,20,22,23). The molecule has 8 heteroatoms. The van der Waals surface area contributed by atoms with Crippen molar-refractivity contribution >= 4 is 5.82 Å². The first kappa shape index (κ1) is 18.7. The molecule has 2 aromatic heterocycles. The van der Waals surface area contributed by atoms with E-state index in [1.165, 1.54) is 5.56 Å². The van der Waals surface area contributed by atoms with Gasteiger partial charge in [-0.15, -0.1) is 0 Å². The van der Waals surface area contributed by atoms with Crippen LogP contribution in [0.15, 0.2) is 0 Å². The summed E-state index contributed by atoms with van der Waals surface area (Å²) >= 11 is 0. The Morgan fingerprint density at radius 2 is 2.00 bits per heavy atom. The summed E-state index contributed by atoms with van der Waals surface area (Å²) < 4.78 is 7.47. The molecule has 8 nitrogen and oxygen atoms in total. The summed E-state index contributed by atoms with van der Waals surface area (Å²) in [7, 11) is 0. The van der Waals surface area contributed by atoms with Crippen molar-refractivity contribution in [1.29, 1.82) is 0 Å². The Morgan fingerprint density at radius 1 is 1.15 bits per heavy atom. The lowest BCUT2D eigenvalue weighted by Crippen LogP contribution is -2.16. The van der Waals surface area contributed by atoms with Crippen LogP contribution in [0.2, 0.25) is 0 Å². The van der Waals surface area contributed by atoms with Crippen molar-refractivity contribution in [1.82, 2.24) is 30.0 Å². The van der Waals surface area contributed by atoms with Gasteiger partial charge in [0.1, 0.15) is 24.1 Å². The maximum atomic E-state index is 5.51. The molecule has 0 saturated carbocycles. The second-order valence-corrected chi connectivity index (χ2v) is 6.51. The molecule has 26 heavy (non-hydrogen) atoms. The van der Waals surface area contributed by atoms with Crippen molar-refractivity contribution in [2.24, 2.45) is 0 Å². The fourth-order valence-corrected chi connectivity index (χ4v) is 3.21. The monoisotopic (exact) mass is 359 g/mol. The van der Waals surface area contributed by atoms with E-state index in [0.717, 1.165) is 74.4 Å². The zero-order chi connectivity index (χ0) is 18.4. The van der Waals surface area contributed by atoms with Crippen LogP contribution >= 0.6 is 0 Å². The molecule has 0 radical (unpaired) electrons. The number of nitrogens with one attached hydrogen (secondary N) is 2. The van der Waals surface area contributed by atoms with E-state index in [-0.39, 0.29) is 0 Å². The van der Waals surface area contributed by atoms with Gasteiger partial charge < -0.3 is 15.4 Å². The molecule has 0 bridgehead atoms. The quantitative estimate of drug-likeness (QED) is 0.689. The highest BCUT2D eigenvalue weighted by molar-refractivity contribution is 5.47. The largest absolute Gasteiger partial charge is 0.374 e. The third-order valence-corrected chi connectivity index (χ3v) is 4.47. The van der Waals surface area contributed by atoms with E-state index in [1.807, 2.05) is 25.5 Å². The van der Waals surface area contributed by atoms with Crippen LogP contribution in [-0.2, 0) is 30.7 Å². The van der Waals surface area contributed by atoms with Gasteiger partial charge in [-0.2, -0.15) is 5.10 Å². The van der Waals surface area contributed by atoms with Crippen molar-refractivity contribution in [3.8, 4) is 0 Å². The highest BCUT2D eigenvalue weighted by Gasteiger charge is 2.16. The predicted octanol–water partition coefficient (Wildman–Crippen LogP) is 1.41. The first-order chi connectivity index (χ1) is 12.7. The molecule has 1 aliphatic rings. The number of anilines is 1. The van der Waals surface area contributed by atoms with Crippen LogP contribution in [0.4, 0.5) is 5.82 Å². The molecule has 0 amide bonds. The zero-order valence-electron chi connectivity index (χ0n) is 16.0. The molecule has 0 saturated heterocycles. The predicted molar refractivity (Wildman–Crippen MR) is 100 cm³/mol. The normalized spacial score (nSPS) is 14.1. The van der Waals surface area contributed by atoms with Gasteiger partial charge in [-0.25, -0.2) is 15.0 Å². The first-order valence-electron chi connectivity index (χ1n) is 9.46. The molecule has 0 unspecified atom stereocenters. The van der Waals surface area contributed by atoms with Gasteiger partial charge in [-0.05, 0) is 40.2 Å². The van der Waals surface area contributed by atoms with E-state index >= 15 is 0 Å². The van der Waals surface area contributed by atoms with Gasteiger partial charge >= 0.3 is 0 Å². The van der Waals surface area contributed by atoms with E-state index < -0.39 is 0 Å². The number of hydrogen-bond donors (Lipinski definition) is 2. The van der Waals surface area contributed by atoms with Gasteiger partial charge in [-0.3, -0.25) is 4.68 Å². The number of ether oxygens (including phenoxy) is 1. The summed E-state index contributed by atoms with van der Waals surface area (Å²) in [6.45, 7) is 10.6. The van der Waals surface area contributed by atoms with Gasteiger partial charge in [0.05, 0.1) is 5.69 Å². The second kappa shape index (κ2) is 9.05. The molecule has 0 spiro atoms.